The van der Waals surface area contributed by atoms with Crippen molar-refractivity contribution in [2.24, 2.45) is 0 Å². The van der Waals surface area contributed by atoms with Crippen LogP contribution in [0.1, 0.15) is 32.3 Å². The Labute approximate surface area is 116 Å². The highest BCUT2D eigenvalue weighted by molar-refractivity contribution is 5.58. The number of hydrogen-bond donors (Lipinski definition) is 1. The van der Waals surface area contributed by atoms with Gasteiger partial charge >= 0.3 is 5.69 Å². The summed E-state index contributed by atoms with van der Waals surface area (Å²) < 4.78 is 5.61. The van der Waals surface area contributed by atoms with E-state index in [1.54, 1.807) is 0 Å². The Bertz CT molecular complexity index is 565. The zero-order valence-electron chi connectivity index (χ0n) is 11.4. The molecule has 7 heteroatoms. The lowest BCUT2D eigenvalue weighted by atomic mass is 9.94. The van der Waals surface area contributed by atoms with Gasteiger partial charge in [-0.05, 0) is 26.7 Å². The van der Waals surface area contributed by atoms with Gasteiger partial charge in [-0.15, -0.1) is 0 Å². The zero-order chi connectivity index (χ0) is 14.8. The molecule has 2 heterocycles. The van der Waals surface area contributed by atoms with Gasteiger partial charge in [0.2, 0.25) is 5.82 Å². The van der Waals surface area contributed by atoms with Crippen LogP contribution in [0.15, 0.2) is 12.3 Å². The Morgan fingerprint density at radius 2 is 2.40 bits per heavy atom. The van der Waals surface area contributed by atoms with E-state index in [0.717, 1.165) is 12.8 Å². The zero-order valence-corrected chi connectivity index (χ0v) is 11.4. The van der Waals surface area contributed by atoms with Gasteiger partial charge in [-0.2, -0.15) is 5.26 Å². The van der Waals surface area contributed by atoms with Gasteiger partial charge in [-0.1, -0.05) is 0 Å². The first-order valence-electron chi connectivity index (χ1n) is 6.36. The average molecular weight is 276 g/mol. The van der Waals surface area contributed by atoms with Gasteiger partial charge in [-0.25, -0.2) is 4.98 Å². The Balaban J connectivity index is 2.21. The third-order valence-electron chi connectivity index (χ3n) is 3.23. The van der Waals surface area contributed by atoms with Crippen molar-refractivity contribution < 1.29 is 9.66 Å². The lowest BCUT2D eigenvalue weighted by molar-refractivity contribution is -0.384. The highest BCUT2D eigenvalue weighted by Crippen LogP contribution is 2.29. The Kier molecular flexibility index (Phi) is 3.86. The van der Waals surface area contributed by atoms with Crippen molar-refractivity contribution in [3.05, 3.63) is 27.9 Å². The fourth-order valence-electron chi connectivity index (χ4n) is 2.31. The Hall–Kier alpha value is -2.20. The first-order valence-corrected chi connectivity index (χ1v) is 6.36. The highest BCUT2D eigenvalue weighted by Gasteiger charge is 2.30. The molecule has 0 aromatic carbocycles. The van der Waals surface area contributed by atoms with E-state index in [1.807, 2.05) is 19.9 Å². The number of nitrogens with zero attached hydrogens (tertiary/aromatic N) is 3. The summed E-state index contributed by atoms with van der Waals surface area (Å²) in [5.41, 5.74) is -0.250. The normalized spacial score (nSPS) is 20.9. The molecule has 1 saturated heterocycles. The maximum Gasteiger partial charge on any atom is 0.312 e. The predicted octanol–water partition coefficient (Wildman–Crippen LogP) is 2.23. The van der Waals surface area contributed by atoms with E-state index in [-0.39, 0.29) is 28.7 Å². The van der Waals surface area contributed by atoms with Crippen molar-refractivity contribution in [2.45, 2.75) is 38.3 Å². The Morgan fingerprint density at radius 1 is 1.65 bits per heavy atom. The van der Waals surface area contributed by atoms with Crippen LogP contribution < -0.4 is 5.32 Å². The monoisotopic (exact) mass is 276 g/mol. The molecule has 1 aromatic rings. The Morgan fingerprint density at radius 3 is 3.00 bits per heavy atom. The summed E-state index contributed by atoms with van der Waals surface area (Å²) in [4.78, 5) is 14.5. The van der Waals surface area contributed by atoms with Crippen LogP contribution in [0.3, 0.4) is 0 Å². The van der Waals surface area contributed by atoms with Crippen LogP contribution >= 0.6 is 0 Å². The van der Waals surface area contributed by atoms with Gasteiger partial charge in [0, 0.05) is 24.9 Å². The maximum atomic E-state index is 11.1. The van der Waals surface area contributed by atoms with Crippen LogP contribution in [0.2, 0.25) is 0 Å². The van der Waals surface area contributed by atoms with E-state index in [1.165, 1.54) is 12.3 Å². The van der Waals surface area contributed by atoms with E-state index >= 15 is 0 Å². The molecule has 1 fully saturated rings. The number of pyridine rings is 1. The van der Waals surface area contributed by atoms with Crippen molar-refractivity contribution in [3.8, 4) is 6.07 Å². The number of rotatable bonds is 3. The highest BCUT2D eigenvalue weighted by atomic mass is 16.6. The lowest BCUT2D eigenvalue weighted by Gasteiger charge is -2.35. The molecule has 1 aliphatic rings. The molecule has 7 nitrogen and oxygen atoms in total. The van der Waals surface area contributed by atoms with E-state index in [2.05, 4.69) is 10.3 Å². The third kappa shape index (κ3) is 3.22. The van der Waals surface area contributed by atoms with Crippen LogP contribution in [-0.4, -0.2) is 28.2 Å². The second kappa shape index (κ2) is 5.43. The van der Waals surface area contributed by atoms with Crippen molar-refractivity contribution in [2.75, 3.05) is 11.9 Å². The molecule has 0 radical (unpaired) electrons. The number of aromatic nitrogens is 1. The minimum absolute atomic E-state index is 0.0675. The second-order valence-corrected chi connectivity index (χ2v) is 5.40. The van der Waals surface area contributed by atoms with E-state index in [0.29, 0.717) is 6.61 Å². The molecule has 1 atom stereocenters. The number of nitro groups is 1. The van der Waals surface area contributed by atoms with Crippen molar-refractivity contribution in [1.82, 2.24) is 4.98 Å². The molecule has 0 saturated carbocycles. The predicted molar refractivity (Wildman–Crippen MR) is 72.3 cm³/mol. The summed E-state index contributed by atoms with van der Waals surface area (Å²) >= 11 is 0. The standard InChI is InChI=1S/C13H16N4O3/c1-13(2)6-10(3-4-20-13)16-12-11(17(18)19)5-9(7-14)8-15-12/h5,8,10H,3-4,6H2,1-2H3,(H,15,16). The summed E-state index contributed by atoms with van der Waals surface area (Å²) in [5, 5.41) is 22.9. The quantitative estimate of drug-likeness (QED) is 0.671. The summed E-state index contributed by atoms with van der Waals surface area (Å²) in [7, 11) is 0. The van der Waals surface area contributed by atoms with Crippen molar-refractivity contribution in [1.29, 1.82) is 5.26 Å². The van der Waals surface area contributed by atoms with E-state index in [9.17, 15) is 10.1 Å². The first-order chi connectivity index (χ1) is 9.41. The van der Waals surface area contributed by atoms with Crippen LogP contribution in [0.4, 0.5) is 11.5 Å². The van der Waals surface area contributed by atoms with Crippen LogP contribution in [-0.2, 0) is 4.74 Å². The maximum absolute atomic E-state index is 11.1. The number of anilines is 1. The molecule has 0 aliphatic carbocycles. The number of ether oxygens (including phenoxy) is 1. The SMILES string of the molecule is CC1(C)CC(Nc2ncc(C#N)cc2[N+](=O)[O-])CCO1. The third-order valence-corrected chi connectivity index (χ3v) is 3.23. The molecule has 2 rings (SSSR count). The molecule has 1 aromatic heterocycles. The summed E-state index contributed by atoms with van der Waals surface area (Å²) in [6, 6.07) is 3.15. The molecule has 20 heavy (non-hydrogen) atoms. The number of hydrogen-bond acceptors (Lipinski definition) is 6. The molecular formula is C13H16N4O3. The molecule has 0 bridgehead atoms. The fourth-order valence-corrected chi connectivity index (χ4v) is 2.31. The number of nitrogens with one attached hydrogen (secondary N) is 1. The molecule has 0 spiro atoms. The topological polar surface area (TPSA) is 101 Å². The number of nitriles is 1. The smallest absolute Gasteiger partial charge is 0.312 e. The van der Waals surface area contributed by atoms with Crippen molar-refractivity contribution >= 4 is 11.5 Å². The largest absolute Gasteiger partial charge is 0.375 e. The molecule has 1 aliphatic heterocycles. The fraction of sp³-hybridized carbons (Fsp3) is 0.538. The minimum atomic E-state index is -0.527. The molecule has 1 unspecified atom stereocenters. The van der Waals surface area contributed by atoms with Gasteiger partial charge in [0.05, 0.1) is 16.1 Å². The van der Waals surface area contributed by atoms with Crippen LogP contribution in [0.5, 0.6) is 0 Å². The van der Waals surface area contributed by atoms with Gasteiger partial charge in [0.1, 0.15) is 6.07 Å². The first kappa shape index (κ1) is 14.2. The summed E-state index contributed by atoms with van der Waals surface area (Å²) in [6.07, 6.45) is 2.84. The molecule has 106 valence electrons. The lowest BCUT2D eigenvalue weighted by Crippen LogP contribution is -2.40. The summed E-state index contributed by atoms with van der Waals surface area (Å²) in [5.74, 6) is 0.205. The average Bonchev–Trinajstić information content (AvgIpc) is 2.37. The molecule has 0 amide bonds. The van der Waals surface area contributed by atoms with Crippen molar-refractivity contribution in [3.63, 3.8) is 0 Å². The van der Waals surface area contributed by atoms with Gasteiger partial charge in [-0.3, -0.25) is 10.1 Å². The molecular weight excluding hydrogens is 260 g/mol. The summed E-state index contributed by atoms with van der Waals surface area (Å²) in [6.45, 7) is 4.58. The van der Waals surface area contributed by atoms with E-state index in [4.69, 9.17) is 10.00 Å². The van der Waals surface area contributed by atoms with Crippen LogP contribution in [0, 0.1) is 21.4 Å². The van der Waals surface area contributed by atoms with Gasteiger partial charge in [0.25, 0.3) is 0 Å². The molecule has 1 N–H and O–H groups in total. The van der Waals surface area contributed by atoms with Gasteiger partial charge < -0.3 is 10.1 Å². The second-order valence-electron chi connectivity index (χ2n) is 5.40. The van der Waals surface area contributed by atoms with Crippen LogP contribution in [0.25, 0.3) is 0 Å². The van der Waals surface area contributed by atoms with Gasteiger partial charge in [0.15, 0.2) is 0 Å². The van der Waals surface area contributed by atoms with E-state index < -0.39 is 4.92 Å². The minimum Gasteiger partial charge on any atom is -0.375 e.